The molecule has 2 fully saturated rings. The van der Waals surface area contributed by atoms with Gasteiger partial charge < -0.3 is 24.6 Å². The van der Waals surface area contributed by atoms with Gasteiger partial charge in [-0.2, -0.15) is 5.09 Å². The molecule has 216 valence electrons. The van der Waals surface area contributed by atoms with E-state index in [-0.39, 0.29) is 11.7 Å². The summed E-state index contributed by atoms with van der Waals surface area (Å²) in [6.45, 7) is 0.740. The van der Waals surface area contributed by atoms with Gasteiger partial charge in [0.1, 0.15) is 23.5 Å². The fourth-order valence-electron chi connectivity index (χ4n) is 5.10. The van der Waals surface area contributed by atoms with Crippen LogP contribution in [0.4, 0.5) is 0 Å². The quantitative estimate of drug-likeness (QED) is 0.203. The van der Waals surface area contributed by atoms with Crippen LogP contribution in [-0.4, -0.2) is 60.8 Å². The zero-order valence-corrected chi connectivity index (χ0v) is 22.7. The topological polar surface area (TPSA) is 189 Å². The van der Waals surface area contributed by atoms with Gasteiger partial charge >= 0.3 is 19.4 Å². The smallest absolute Gasteiger partial charge is 0.459 e. The van der Waals surface area contributed by atoms with Crippen molar-refractivity contribution in [3.8, 4) is 18.1 Å². The second-order valence-corrected chi connectivity index (χ2v) is 11.8. The number of rotatable bonds is 10. The summed E-state index contributed by atoms with van der Waals surface area (Å²) in [5.74, 6) is 0.540. The summed E-state index contributed by atoms with van der Waals surface area (Å²) in [7, 11) is -4.49. The van der Waals surface area contributed by atoms with Crippen LogP contribution in [0.3, 0.4) is 0 Å². The van der Waals surface area contributed by atoms with Gasteiger partial charge in [-0.3, -0.25) is 23.7 Å². The Kier molecular flexibility index (Phi) is 8.70. The molecule has 1 saturated carbocycles. The number of ether oxygens (including phenoxy) is 1. The number of aliphatic hydroxyl groups is 2. The molecule has 2 heterocycles. The molecule has 1 aromatic carbocycles. The van der Waals surface area contributed by atoms with Gasteiger partial charge in [-0.05, 0) is 37.8 Å². The molecule has 2 aromatic rings. The summed E-state index contributed by atoms with van der Waals surface area (Å²) >= 11 is 0. The van der Waals surface area contributed by atoms with Crippen LogP contribution in [0.1, 0.15) is 45.3 Å². The minimum atomic E-state index is -4.49. The Balaban J connectivity index is 1.62. The summed E-state index contributed by atoms with van der Waals surface area (Å²) in [6.07, 6.45) is 5.40. The van der Waals surface area contributed by atoms with Crippen LogP contribution >= 0.6 is 7.75 Å². The molecule has 14 heteroatoms. The highest BCUT2D eigenvalue weighted by molar-refractivity contribution is 7.52. The summed E-state index contributed by atoms with van der Waals surface area (Å²) in [4.78, 5) is 38.3. The average Bonchev–Trinajstić information content (AvgIpc) is 3.18. The molecule has 40 heavy (non-hydrogen) atoms. The number of aromatic amines is 1. The van der Waals surface area contributed by atoms with E-state index >= 15 is 0 Å². The molecule has 1 saturated heterocycles. The summed E-state index contributed by atoms with van der Waals surface area (Å²) in [6, 6.07) is 8.97. The Morgan fingerprint density at radius 2 is 1.95 bits per heavy atom. The molecule has 2 aliphatic rings. The molecule has 6 atom stereocenters. The number of benzene rings is 1. The van der Waals surface area contributed by atoms with Gasteiger partial charge in [0, 0.05) is 12.3 Å². The maximum atomic E-state index is 14.1. The Morgan fingerprint density at radius 3 is 2.55 bits per heavy atom. The standard InChI is InChI=1S/C26H32N3O10P/c1-3-26(35)21(31)19(38-22(26)29-15-14-20(30)27-24(29)34)16-37-40(36,39-18-12-8-5-9-13-18)28-25(2,23(32)33)17-10-6-4-7-11-17/h1,5,8-9,12-15,17,19,21-22,31,35H,4,6-7,10-11,16H2,2H3,(H,28,36)(H,32,33)(H,27,30,34)/t19-,21-,22-,25+,26-,40?/m1/s1. The number of aliphatic carboxylic acids is 1. The summed E-state index contributed by atoms with van der Waals surface area (Å²) in [5, 5.41) is 34.7. The number of carbonyl (C=O) groups is 1. The summed E-state index contributed by atoms with van der Waals surface area (Å²) < 4.78 is 31.9. The largest absolute Gasteiger partial charge is 0.480 e. The monoisotopic (exact) mass is 577 g/mol. The van der Waals surface area contributed by atoms with Crippen molar-refractivity contribution in [2.24, 2.45) is 5.92 Å². The molecular formula is C26H32N3O10P. The third-order valence-electron chi connectivity index (χ3n) is 7.43. The molecule has 0 spiro atoms. The van der Waals surface area contributed by atoms with E-state index in [1.165, 1.54) is 19.1 Å². The van der Waals surface area contributed by atoms with Crippen molar-refractivity contribution in [2.75, 3.05) is 6.61 Å². The first-order valence-corrected chi connectivity index (χ1v) is 14.3. The van der Waals surface area contributed by atoms with Crippen LogP contribution in [0.15, 0.2) is 52.2 Å². The van der Waals surface area contributed by atoms with Crippen molar-refractivity contribution >= 4 is 13.7 Å². The normalized spacial score (nSPS) is 28.2. The molecule has 0 bridgehead atoms. The number of para-hydroxylation sites is 1. The Morgan fingerprint density at radius 1 is 1.27 bits per heavy atom. The first-order valence-electron chi connectivity index (χ1n) is 12.8. The van der Waals surface area contributed by atoms with Gasteiger partial charge in [-0.1, -0.05) is 43.4 Å². The number of hydrogen-bond acceptors (Lipinski definition) is 9. The van der Waals surface area contributed by atoms with Crippen LogP contribution in [0.2, 0.25) is 0 Å². The number of H-pyrrole nitrogens is 1. The number of aliphatic hydroxyl groups excluding tert-OH is 1. The van der Waals surface area contributed by atoms with Crippen molar-refractivity contribution in [3.05, 3.63) is 63.4 Å². The lowest BCUT2D eigenvalue weighted by Crippen LogP contribution is -2.55. The molecule has 5 N–H and O–H groups in total. The third-order valence-corrected chi connectivity index (χ3v) is 9.11. The number of carboxylic acids is 1. The van der Waals surface area contributed by atoms with Gasteiger partial charge in [0.15, 0.2) is 11.8 Å². The molecule has 1 aromatic heterocycles. The highest BCUT2D eigenvalue weighted by atomic mass is 31.2. The lowest BCUT2D eigenvalue weighted by Gasteiger charge is -2.38. The maximum Gasteiger partial charge on any atom is 0.459 e. The fraction of sp³-hybridized carbons (Fsp3) is 0.500. The van der Waals surface area contributed by atoms with Crippen molar-refractivity contribution in [1.29, 1.82) is 0 Å². The van der Waals surface area contributed by atoms with E-state index in [9.17, 15) is 34.3 Å². The predicted octanol–water partition coefficient (Wildman–Crippen LogP) is 1.38. The number of aromatic nitrogens is 2. The Hall–Kier alpha value is -3.24. The summed E-state index contributed by atoms with van der Waals surface area (Å²) in [5.41, 5.74) is -5.78. The third kappa shape index (κ3) is 5.93. The van der Waals surface area contributed by atoms with Crippen molar-refractivity contribution in [3.63, 3.8) is 0 Å². The lowest BCUT2D eigenvalue weighted by atomic mass is 9.76. The van der Waals surface area contributed by atoms with Crippen LogP contribution in [-0.2, 0) is 18.6 Å². The molecule has 4 rings (SSSR count). The molecule has 1 unspecified atom stereocenters. The van der Waals surface area contributed by atoms with Gasteiger partial charge in [0.05, 0.1) is 6.61 Å². The fourth-order valence-corrected chi connectivity index (χ4v) is 6.85. The van der Waals surface area contributed by atoms with E-state index in [0.717, 1.165) is 36.1 Å². The zero-order chi connectivity index (χ0) is 29.1. The average molecular weight is 578 g/mol. The highest BCUT2D eigenvalue weighted by Gasteiger charge is 2.57. The molecule has 1 aliphatic carbocycles. The molecule has 0 radical (unpaired) electrons. The number of hydrogen-bond donors (Lipinski definition) is 5. The van der Waals surface area contributed by atoms with Gasteiger partial charge in [-0.25, -0.2) is 9.36 Å². The van der Waals surface area contributed by atoms with Gasteiger partial charge in [-0.15, -0.1) is 6.42 Å². The van der Waals surface area contributed by atoms with Crippen LogP contribution < -0.4 is 20.9 Å². The van der Waals surface area contributed by atoms with E-state index in [0.29, 0.717) is 12.8 Å². The van der Waals surface area contributed by atoms with Crippen molar-refractivity contribution < 1.29 is 38.5 Å². The second kappa shape index (κ2) is 11.7. The van der Waals surface area contributed by atoms with Crippen LogP contribution in [0.5, 0.6) is 5.75 Å². The second-order valence-electron chi connectivity index (χ2n) is 10.1. The lowest BCUT2D eigenvalue weighted by molar-refractivity contribution is -0.146. The molecule has 13 nitrogen and oxygen atoms in total. The minimum Gasteiger partial charge on any atom is -0.480 e. The number of nitrogens with zero attached hydrogens (tertiary/aromatic N) is 1. The SMILES string of the molecule is C#C[C@@]1(O)[C@H](O)[C@@H](COP(=O)(N[C@](C)(C(=O)O)C2CCCCC2)Oc2ccccc2)O[C@H]1n1ccc(=O)[nH]c1=O. The van der Waals surface area contributed by atoms with Crippen molar-refractivity contribution in [2.45, 2.75) is 68.6 Å². The number of terminal acetylenes is 1. The maximum absolute atomic E-state index is 14.1. The van der Waals surface area contributed by atoms with E-state index in [1.807, 2.05) is 10.9 Å². The Labute approximate surface area is 229 Å². The van der Waals surface area contributed by atoms with Crippen LogP contribution in [0.25, 0.3) is 0 Å². The van der Waals surface area contributed by atoms with Crippen LogP contribution in [0, 0.1) is 18.3 Å². The first-order chi connectivity index (χ1) is 18.9. The van der Waals surface area contributed by atoms with Gasteiger partial charge in [0.25, 0.3) is 5.56 Å². The van der Waals surface area contributed by atoms with E-state index in [1.54, 1.807) is 18.2 Å². The molecular weight excluding hydrogens is 545 g/mol. The minimum absolute atomic E-state index is 0.125. The zero-order valence-electron chi connectivity index (χ0n) is 21.8. The first kappa shape index (κ1) is 29.7. The van der Waals surface area contributed by atoms with E-state index < -0.39 is 61.1 Å². The predicted molar refractivity (Wildman–Crippen MR) is 141 cm³/mol. The Bertz CT molecular complexity index is 1420. The highest BCUT2D eigenvalue weighted by Crippen LogP contribution is 2.50. The van der Waals surface area contributed by atoms with E-state index in [4.69, 9.17) is 20.2 Å². The van der Waals surface area contributed by atoms with E-state index in [2.05, 4.69) is 5.09 Å². The number of nitrogens with one attached hydrogen (secondary N) is 2. The molecule has 1 aliphatic heterocycles. The number of carboxylic acid groups (broad SMARTS) is 1. The van der Waals surface area contributed by atoms with Crippen molar-refractivity contribution in [1.82, 2.24) is 14.6 Å². The van der Waals surface area contributed by atoms with Gasteiger partial charge in [0.2, 0.25) is 0 Å². The molecule has 0 amide bonds.